The second-order valence-electron chi connectivity index (χ2n) is 6.35. The zero-order chi connectivity index (χ0) is 10.5. The summed E-state index contributed by atoms with van der Waals surface area (Å²) in [5.41, 5.74) is 0. The lowest BCUT2D eigenvalue weighted by Crippen LogP contribution is -2.48. The molecule has 5 aliphatic rings. The second kappa shape index (κ2) is 3.71. The number of fused-ring (bicyclic) bond motifs is 3. The fourth-order valence-corrected chi connectivity index (χ4v) is 4.18. The minimum Gasteiger partial charge on any atom is -0.375 e. The third kappa shape index (κ3) is 1.70. The Morgan fingerprint density at radius 3 is 2.56 bits per heavy atom. The maximum absolute atomic E-state index is 5.87. The Bertz CT molecular complexity index is 269. The smallest absolute Gasteiger partial charge is 0.0844 e. The fourth-order valence-electron chi connectivity index (χ4n) is 4.18. The highest BCUT2D eigenvalue weighted by atomic mass is 16.6. The average Bonchev–Trinajstić information content (AvgIpc) is 2.94. The number of hydrogen-bond donors (Lipinski definition) is 0. The van der Waals surface area contributed by atoms with Crippen LogP contribution in [0.15, 0.2) is 0 Å². The van der Waals surface area contributed by atoms with Crippen LogP contribution in [-0.2, 0) is 9.47 Å². The molecule has 90 valence electrons. The van der Waals surface area contributed by atoms with Crippen LogP contribution < -0.4 is 0 Å². The van der Waals surface area contributed by atoms with Crippen LogP contribution in [0, 0.1) is 11.8 Å². The topological polar surface area (TPSA) is 21.8 Å². The maximum Gasteiger partial charge on any atom is 0.0844 e. The molecule has 3 saturated heterocycles. The summed E-state index contributed by atoms with van der Waals surface area (Å²) >= 11 is 0. The maximum atomic E-state index is 5.87. The van der Waals surface area contributed by atoms with Gasteiger partial charge in [0.15, 0.2) is 0 Å². The molecule has 2 saturated carbocycles. The van der Waals surface area contributed by atoms with Gasteiger partial charge in [0.1, 0.15) is 0 Å². The third-order valence-electron chi connectivity index (χ3n) is 5.24. The zero-order valence-corrected chi connectivity index (χ0v) is 9.94. The molecule has 6 atom stereocenters. The summed E-state index contributed by atoms with van der Waals surface area (Å²) in [6, 6.07) is 0. The van der Waals surface area contributed by atoms with E-state index in [1.165, 1.54) is 51.4 Å². The van der Waals surface area contributed by atoms with E-state index in [1.807, 2.05) is 0 Å². The Kier molecular flexibility index (Phi) is 2.29. The predicted molar refractivity (Wildman–Crippen MR) is 61.2 cm³/mol. The van der Waals surface area contributed by atoms with Gasteiger partial charge in [-0.3, -0.25) is 0 Å². The van der Waals surface area contributed by atoms with Gasteiger partial charge >= 0.3 is 0 Å². The first-order valence-corrected chi connectivity index (χ1v) is 7.19. The van der Waals surface area contributed by atoms with Gasteiger partial charge in [-0.1, -0.05) is 12.8 Å². The van der Waals surface area contributed by atoms with E-state index in [-0.39, 0.29) is 0 Å². The molecule has 0 aromatic carbocycles. The molecule has 0 spiro atoms. The lowest BCUT2D eigenvalue weighted by molar-refractivity contribution is -0.188. The van der Waals surface area contributed by atoms with Gasteiger partial charge in [0.2, 0.25) is 0 Å². The molecule has 0 N–H and O–H groups in total. The van der Waals surface area contributed by atoms with Crippen molar-refractivity contribution < 1.29 is 9.47 Å². The van der Waals surface area contributed by atoms with Crippen molar-refractivity contribution in [2.45, 2.75) is 75.8 Å². The Morgan fingerprint density at radius 2 is 1.75 bits per heavy atom. The van der Waals surface area contributed by atoms with Crippen LogP contribution in [0.5, 0.6) is 0 Å². The van der Waals surface area contributed by atoms with Crippen molar-refractivity contribution in [2.24, 2.45) is 11.8 Å². The van der Waals surface area contributed by atoms with Crippen molar-refractivity contribution in [1.82, 2.24) is 0 Å². The zero-order valence-electron chi connectivity index (χ0n) is 9.94. The molecule has 2 heteroatoms. The van der Waals surface area contributed by atoms with Crippen molar-refractivity contribution in [2.75, 3.05) is 0 Å². The Morgan fingerprint density at radius 1 is 0.812 bits per heavy atom. The van der Waals surface area contributed by atoms with Gasteiger partial charge < -0.3 is 9.47 Å². The van der Waals surface area contributed by atoms with Gasteiger partial charge in [-0.15, -0.1) is 0 Å². The van der Waals surface area contributed by atoms with Crippen molar-refractivity contribution in [3.8, 4) is 0 Å². The van der Waals surface area contributed by atoms with E-state index in [2.05, 4.69) is 0 Å². The molecular formula is C14H22O2. The molecule has 16 heavy (non-hydrogen) atoms. The Balaban J connectivity index is 1.35. The molecule has 2 aliphatic carbocycles. The van der Waals surface area contributed by atoms with Crippen molar-refractivity contribution in [3.63, 3.8) is 0 Å². The van der Waals surface area contributed by atoms with Gasteiger partial charge in [0.05, 0.1) is 24.4 Å². The van der Waals surface area contributed by atoms with Crippen LogP contribution in [0.3, 0.4) is 0 Å². The minimum atomic E-state index is 0.637. The molecule has 0 radical (unpaired) electrons. The molecule has 0 aromatic rings. The monoisotopic (exact) mass is 222 g/mol. The number of ether oxygens (including phenoxy) is 2. The summed E-state index contributed by atoms with van der Waals surface area (Å²) in [6.07, 6.45) is 13.6. The van der Waals surface area contributed by atoms with Crippen molar-refractivity contribution >= 4 is 0 Å². The van der Waals surface area contributed by atoms with E-state index >= 15 is 0 Å². The van der Waals surface area contributed by atoms with Crippen molar-refractivity contribution in [1.29, 1.82) is 0 Å². The SMILES string of the molecule is C1CC(CC2CCC3CC2O3)CC2OC2C1. The highest BCUT2D eigenvalue weighted by Crippen LogP contribution is 2.45. The lowest BCUT2D eigenvalue weighted by Gasteiger charge is -2.47. The molecule has 3 heterocycles. The second-order valence-corrected chi connectivity index (χ2v) is 6.35. The molecule has 5 fully saturated rings. The first-order chi connectivity index (χ1) is 7.88. The molecule has 5 rings (SSSR count). The lowest BCUT2D eigenvalue weighted by atomic mass is 9.74. The summed E-state index contributed by atoms with van der Waals surface area (Å²) in [5.74, 6) is 1.81. The van der Waals surface area contributed by atoms with E-state index in [1.54, 1.807) is 0 Å². The largest absolute Gasteiger partial charge is 0.375 e. The highest BCUT2D eigenvalue weighted by Gasteiger charge is 2.45. The average molecular weight is 222 g/mol. The van der Waals surface area contributed by atoms with Gasteiger partial charge in [-0.05, 0) is 43.9 Å². The summed E-state index contributed by atoms with van der Waals surface area (Å²) in [4.78, 5) is 0. The highest BCUT2D eigenvalue weighted by molar-refractivity contribution is 4.94. The fraction of sp³-hybridized carbons (Fsp3) is 1.00. The quantitative estimate of drug-likeness (QED) is 0.670. The van der Waals surface area contributed by atoms with Crippen LogP contribution in [0.25, 0.3) is 0 Å². The Labute approximate surface area is 97.7 Å². The minimum absolute atomic E-state index is 0.637. The van der Waals surface area contributed by atoms with Gasteiger partial charge in [-0.25, -0.2) is 0 Å². The first kappa shape index (κ1) is 9.90. The summed E-state index contributed by atoms with van der Waals surface area (Å²) in [5, 5.41) is 0. The van der Waals surface area contributed by atoms with Crippen LogP contribution in [0.2, 0.25) is 0 Å². The normalized spacial score (nSPS) is 54.8. The van der Waals surface area contributed by atoms with Gasteiger partial charge in [0.25, 0.3) is 0 Å². The van der Waals surface area contributed by atoms with E-state index in [4.69, 9.17) is 9.47 Å². The van der Waals surface area contributed by atoms with Crippen LogP contribution >= 0.6 is 0 Å². The molecule has 2 bridgehead atoms. The summed E-state index contributed by atoms with van der Waals surface area (Å²) in [7, 11) is 0. The van der Waals surface area contributed by atoms with E-state index in [0.29, 0.717) is 24.4 Å². The van der Waals surface area contributed by atoms with E-state index in [9.17, 15) is 0 Å². The molecule has 6 unspecified atom stereocenters. The molecular weight excluding hydrogens is 200 g/mol. The third-order valence-corrected chi connectivity index (χ3v) is 5.24. The molecule has 3 aliphatic heterocycles. The van der Waals surface area contributed by atoms with Crippen molar-refractivity contribution in [3.05, 3.63) is 0 Å². The molecule has 0 amide bonds. The van der Waals surface area contributed by atoms with E-state index in [0.717, 1.165) is 11.8 Å². The molecule has 0 aromatic heterocycles. The Hall–Kier alpha value is -0.0800. The van der Waals surface area contributed by atoms with Crippen LogP contribution in [0.4, 0.5) is 0 Å². The number of hydrogen-bond acceptors (Lipinski definition) is 2. The van der Waals surface area contributed by atoms with Gasteiger partial charge in [0, 0.05) is 6.42 Å². The van der Waals surface area contributed by atoms with Gasteiger partial charge in [-0.2, -0.15) is 0 Å². The van der Waals surface area contributed by atoms with Crippen LogP contribution in [0.1, 0.15) is 51.4 Å². The summed E-state index contributed by atoms with van der Waals surface area (Å²) < 4.78 is 11.5. The standard InChI is InChI=1S/C14H22O2/c1-2-9(7-14-12(3-1)16-14)6-10-4-5-11-8-13(10)15-11/h9-14H,1-8H2. The van der Waals surface area contributed by atoms with Crippen LogP contribution in [-0.4, -0.2) is 24.4 Å². The molecule has 2 nitrogen and oxygen atoms in total. The van der Waals surface area contributed by atoms with E-state index < -0.39 is 0 Å². The number of epoxide rings is 1. The first-order valence-electron chi connectivity index (χ1n) is 7.19. The number of rotatable bonds is 2. The summed E-state index contributed by atoms with van der Waals surface area (Å²) in [6.45, 7) is 0. The predicted octanol–water partition coefficient (Wildman–Crippen LogP) is 2.90.